The summed E-state index contributed by atoms with van der Waals surface area (Å²) >= 11 is 3.14. The largest absolute Gasteiger partial charge is 0.383 e. The lowest BCUT2D eigenvalue weighted by molar-refractivity contribution is -0.118. The lowest BCUT2D eigenvalue weighted by Crippen LogP contribution is -2.24. The van der Waals surface area contributed by atoms with Gasteiger partial charge in [-0.05, 0) is 37.8 Å². The summed E-state index contributed by atoms with van der Waals surface area (Å²) < 4.78 is 7.26. The zero-order valence-corrected chi connectivity index (χ0v) is 15.6. The van der Waals surface area contributed by atoms with Crippen molar-refractivity contribution < 1.29 is 9.53 Å². The van der Waals surface area contributed by atoms with Crippen LogP contribution < -0.4 is 5.32 Å². The third-order valence-electron chi connectivity index (χ3n) is 3.69. The summed E-state index contributed by atoms with van der Waals surface area (Å²) in [6.45, 7) is 8.07. The van der Waals surface area contributed by atoms with Gasteiger partial charge in [-0.25, -0.2) is 4.98 Å². The zero-order chi connectivity index (χ0) is 16.8. The maximum atomic E-state index is 12.1. The van der Waals surface area contributed by atoms with Crippen LogP contribution in [-0.4, -0.2) is 34.9 Å². The van der Waals surface area contributed by atoms with Crippen LogP contribution in [0.3, 0.4) is 0 Å². The first-order valence-corrected chi connectivity index (χ1v) is 9.34. The summed E-state index contributed by atoms with van der Waals surface area (Å²) in [6.07, 6.45) is 0. The molecule has 0 saturated heterocycles. The quantitative estimate of drug-likeness (QED) is 0.742. The first-order valence-electron chi connectivity index (χ1n) is 7.48. The first-order chi connectivity index (χ1) is 11.0. The van der Waals surface area contributed by atoms with Gasteiger partial charge in [-0.2, -0.15) is 0 Å². The van der Waals surface area contributed by atoms with Crippen LogP contribution in [0.4, 0.5) is 0 Å². The number of aromatic nitrogens is 2. The van der Waals surface area contributed by atoms with Crippen molar-refractivity contribution in [3.63, 3.8) is 0 Å². The number of thioether (sulfide) groups is 1. The van der Waals surface area contributed by atoms with Crippen LogP contribution in [0.2, 0.25) is 0 Å². The Morgan fingerprint density at radius 2 is 2.22 bits per heavy atom. The lowest BCUT2D eigenvalue weighted by atomic mass is 10.3. The van der Waals surface area contributed by atoms with Gasteiger partial charge < -0.3 is 14.6 Å². The third-order valence-corrected chi connectivity index (χ3v) is 5.69. The molecule has 2 heterocycles. The van der Waals surface area contributed by atoms with Crippen molar-refractivity contribution in [1.82, 2.24) is 14.9 Å². The Labute approximate surface area is 145 Å². The van der Waals surface area contributed by atoms with E-state index < -0.39 is 0 Å². The molecule has 0 unspecified atom stereocenters. The number of hydrogen-bond donors (Lipinski definition) is 1. The maximum absolute atomic E-state index is 12.1. The summed E-state index contributed by atoms with van der Waals surface area (Å²) in [6, 6.07) is 2.07. The van der Waals surface area contributed by atoms with Gasteiger partial charge in [0.1, 0.15) is 0 Å². The number of ether oxygens (including phenoxy) is 1. The van der Waals surface area contributed by atoms with E-state index in [1.54, 1.807) is 18.4 Å². The van der Waals surface area contributed by atoms with Crippen molar-refractivity contribution in [3.8, 4) is 0 Å². The molecular formula is C16H23N3O2S2. The smallest absolute Gasteiger partial charge is 0.230 e. The molecule has 0 aliphatic rings. The van der Waals surface area contributed by atoms with E-state index in [0.717, 1.165) is 23.1 Å². The van der Waals surface area contributed by atoms with Crippen molar-refractivity contribution in [2.24, 2.45) is 0 Å². The molecule has 23 heavy (non-hydrogen) atoms. The standard InChI is InChI=1S/C16H23N3O2S2/c1-11-5-8-22-14(11)9-17-15(20)10-23-16-18-12(2)13(3)19(16)6-7-21-4/h5,8H,6-7,9-10H2,1-4H3,(H,17,20). The van der Waals surface area contributed by atoms with E-state index in [9.17, 15) is 4.79 Å². The van der Waals surface area contributed by atoms with Crippen LogP contribution in [-0.2, 0) is 22.6 Å². The minimum atomic E-state index is 0.0272. The molecule has 0 aliphatic carbocycles. The van der Waals surface area contributed by atoms with Crippen LogP contribution in [0.1, 0.15) is 21.8 Å². The molecule has 0 fully saturated rings. The number of rotatable bonds is 8. The zero-order valence-electron chi connectivity index (χ0n) is 14.0. The molecule has 0 radical (unpaired) electrons. The van der Waals surface area contributed by atoms with Gasteiger partial charge in [-0.15, -0.1) is 11.3 Å². The molecule has 2 aromatic rings. The number of nitrogens with one attached hydrogen (secondary N) is 1. The Hall–Kier alpha value is -1.31. The molecule has 7 heteroatoms. The van der Waals surface area contributed by atoms with Crippen LogP contribution in [0.5, 0.6) is 0 Å². The predicted molar refractivity (Wildman–Crippen MR) is 95.2 cm³/mol. The number of amides is 1. The summed E-state index contributed by atoms with van der Waals surface area (Å²) in [4.78, 5) is 17.8. The monoisotopic (exact) mass is 353 g/mol. The molecule has 1 N–H and O–H groups in total. The molecule has 2 aromatic heterocycles. The van der Waals surface area contributed by atoms with Gasteiger partial charge in [0, 0.05) is 24.2 Å². The molecular weight excluding hydrogens is 330 g/mol. The summed E-state index contributed by atoms with van der Waals surface area (Å²) in [5.74, 6) is 0.396. The summed E-state index contributed by atoms with van der Waals surface area (Å²) in [7, 11) is 1.69. The van der Waals surface area contributed by atoms with Crippen molar-refractivity contribution in [2.45, 2.75) is 39.0 Å². The Balaban J connectivity index is 1.88. The molecule has 0 bridgehead atoms. The minimum Gasteiger partial charge on any atom is -0.383 e. The minimum absolute atomic E-state index is 0.0272. The maximum Gasteiger partial charge on any atom is 0.230 e. The number of carbonyl (C=O) groups is 1. The second-order valence-electron chi connectivity index (χ2n) is 5.30. The summed E-state index contributed by atoms with van der Waals surface area (Å²) in [5.41, 5.74) is 3.35. The number of thiophene rings is 1. The average Bonchev–Trinajstić information content (AvgIpc) is 3.05. The van der Waals surface area contributed by atoms with Gasteiger partial charge in [0.05, 0.1) is 24.6 Å². The Morgan fingerprint density at radius 3 is 2.87 bits per heavy atom. The fourth-order valence-corrected chi connectivity index (χ4v) is 3.92. The van der Waals surface area contributed by atoms with Crippen molar-refractivity contribution in [2.75, 3.05) is 19.5 Å². The molecule has 2 rings (SSSR count). The predicted octanol–water partition coefficient (Wildman–Crippen LogP) is 2.92. The molecule has 0 spiro atoms. The van der Waals surface area contributed by atoms with E-state index in [0.29, 0.717) is 18.9 Å². The molecule has 0 saturated carbocycles. The second-order valence-corrected chi connectivity index (χ2v) is 7.24. The van der Waals surface area contributed by atoms with Gasteiger partial charge in [0.2, 0.25) is 5.91 Å². The van der Waals surface area contributed by atoms with Crippen LogP contribution >= 0.6 is 23.1 Å². The highest BCUT2D eigenvalue weighted by Crippen LogP contribution is 2.21. The SMILES string of the molecule is COCCn1c(SCC(=O)NCc2sccc2C)nc(C)c1C. The van der Waals surface area contributed by atoms with Crippen LogP contribution in [0.15, 0.2) is 16.6 Å². The van der Waals surface area contributed by atoms with Gasteiger partial charge >= 0.3 is 0 Å². The first kappa shape index (κ1) is 18.0. The summed E-state index contributed by atoms with van der Waals surface area (Å²) in [5, 5.41) is 5.89. The number of hydrogen-bond acceptors (Lipinski definition) is 5. The Bertz CT molecular complexity index is 664. The van der Waals surface area contributed by atoms with E-state index in [4.69, 9.17) is 4.74 Å². The van der Waals surface area contributed by atoms with Gasteiger partial charge in [-0.1, -0.05) is 11.8 Å². The van der Waals surface area contributed by atoms with Crippen molar-refractivity contribution >= 4 is 29.0 Å². The molecule has 0 aromatic carbocycles. The highest BCUT2D eigenvalue weighted by molar-refractivity contribution is 7.99. The number of methoxy groups -OCH3 is 1. The van der Waals surface area contributed by atoms with E-state index in [1.165, 1.54) is 22.2 Å². The molecule has 0 atom stereocenters. The van der Waals surface area contributed by atoms with Gasteiger partial charge in [0.25, 0.3) is 0 Å². The molecule has 0 aliphatic heterocycles. The molecule has 1 amide bonds. The van der Waals surface area contributed by atoms with E-state index in [1.807, 2.05) is 19.2 Å². The van der Waals surface area contributed by atoms with E-state index in [2.05, 4.69) is 27.9 Å². The Kier molecular flexibility index (Phi) is 6.68. The number of nitrogens with zero attached hydrogens (tertiary/aromatic N) is 2. The fourth-order valence-electron chi connectivity index (χ4n) is 2.12. The third kappa shape index (κ3) is 4.83. The Morgan fingerprint density at radius 1 is 1.43 bits per heavy atom. The number of carbonyl (C=O) groups excluding carboxylic acids is 1. The fraction of sp³-hybridized carbons (Fsp3) is 0.500. The number of imidazole rings is 1. The van der Waals surface area contributed by atoms with Crippen molar-refractivity contribution in [3.05, 3.63) is 33.3 Å². The highest BCUT2D eigenvalue weighted by Gasteiger charge is 2.13. The lowest BCUT2D eigenvalue weighted by Gasteiger charge is -2.09. The van der Waals surface area contributed by atoms with E-state index >= 15 is 0 Å². The van der Waals surface area contributed by atoms with Gasteiger partial charge in [0.15, 0.2) is 5.16 Å². The second kappa shape index (κ2) is 8.52. The van der Waals surface area contributed by atoms with Crippen molar-refractivity contribution in [1.29, 1.82) is 0 Å². The normalized spacial score (nSPS) is 11.0. The molecule has 5 nitrogen and oxygen atoms in total. The molecule has 126 valence electrons. The topological polar surface area (TPSA) is 56.1 Å². The average molecular weight is 354 g/mol. The number of aryl methyl sites for hydroxylation is 2. The van der Waals surface area contributed by atoms with E-state index in [-0.39, 0.29) is 5.91 Å². The highest BCUT2D eigenvalue weighted by atomic mass is 32.2. The van der Waals surface area contributed by atoms with Crippen LogP contribution in [0, 0.1) is 20.8 Å². The van der Waals surface area contributed by atoms with Crippen LogP contribution in [0.25, 0.3) is 0 Å². The van der Waals surface area contributed by atoms with Gasteiger partial charge in [-0.3, -0.25) is 4.79 Å².